The van der Waals surface area contributed by atoms with E-state index in [0.29, 0.717) is 16.8 Å². The number of nitrogens with one attached hydrogen (secondary N) is 2. The lowest BCUT2D eigenvalue weighted by atomic mass is 9.97. The number of hydrogen-bond donors (Lipinski definition) is 2. The molecule has 162 valence electrons. The number of aromatic nitrogens is 3. The average Bonchev–Trinajstić information content (AvgIpc) is 3.29. The number of urea groups is 1. The highest BCUT2D eigenvalue weighted by molar-refractivity contribution is 7.90. The maximum Gasteiger partial charge on any atom is 0.333 e. The number of rotatable bonds is 5. The van der Waals surface area contributed by atoms with Crippen LogP contribution in [0.5, 0.6) is 0 Å². The smallest absolute Gasteiger partial charge is 0.306 e. The minimum atomic E-state index is -4.11. The van der Waals surface area contributed by atoms with Gasteiger partial charge in [-0.2, -0.15) is 18.8 Å². The van der Waals surface area contributed by atoms with Gasteiger partial charge < -0.3 is 5.32 Å². The van der Waals surface area contributed by atoms with E-state index in [1.165, 1.54) is 12.3 Å². The van der Waals surface area contributed by atoms with Gasteiger partial charge in [-0.3, -0.25) is 4.68 Å². The van der Waals surface area contributed by atoms with Gasteiger partial charge in [-0.1, -0.05) is 12.1 Å². The van der Waals surface area contributed by atoms with Crippen LogP contribution in [-0.4, -0.2) is 29.2 Å². The second-order valence-corrected chi connectivity index (χ2v) is 9.57. The molecule has 9 nitrogen and oxygen atoms in total. The van der Waals surface area contributed by atoms with Crippen LogP contribution in [-0.2, 0) is 22.9 Å². The molecule has 2 aliphatic rings. The summed E-state index contributed by atoms with van der Waals surface area (Å²) >= 11 is 0. The molecule has 1 aromatic carbocycles. The number of fused-ring (bicyclic) bond motifs is 1. The summed E-state index contributed by atoms with van der Waals surface area (Å²) in [6.07, 6.45) is 7.70. The fraction of sp³-hybridized carbons (Fsp3) is 0.273. The molecule has 0 bridgehead atoms. The summed E-state index contributed by atoms with van der Waals surface area (Å²) in [6, 6.07) is 10.1. The Morgan fingerprint density at radius 2 is 2.03 bits per heavy atom. The molecule has 5 rings (SSSR count). The molecule has 1 saturated carbocycles. The summed E-state index contributed by atoms with van der Waals surface area (Å²) in [5.74, 6) is 0. The van der Waals surface area contributed by atoms with E-state index in [9.17, 15) is 18.5 Å². The van der Waals surface area contributed by atoms with Crippen molar-refractivity contribution in [3.63, 3.8) is 0 Å². The zero-order chi connectivity index (χ0) is 22.3. The van der Waals surface area contributed by atoms with Crippen LogP contribution >= 0.6 is 0 Å². The van der Waals surface area contributed by atoms with Gasteiger partial charge in [0.2, 0.25) is 0 Å². The summed E-state index contributed by atoms with van der Waals surface area (Å²) in [5, 5.41) is 15.8. The predicted molar refractivity (Wildman–Crippen MR) is 116 cm³/mol. The van der Waals surface area contributed by atoms with Crippen molar-refractivity contribution in [3.05, 3.63) is 59.5 Å². The van der Waals surface area contributed by atoms with Crippen molar-refractivity contribution in [1.29, 1.82) is 5.26 Å². The summed E-state index contributed by atoms with van der Waals surface area (Å²) in [6.45, 7) is 0. The second-order valence-electron chi connectivity index (χ2n) is 7.95. The van der Waals surface area contributed by atoms with Crippen LogP contribution in [0.25, 0.3) is 11.1 Å². The third-order valence-electron chi connectivity index (χ3n) is 5.71. The van der Waals surface area contributed by atoms with E-state index in [0.717, 1.165) is 43.2 Å². The molecular weight excluding hydrogens is 428 g/mol. The monoisotopic (exact) mass is 448 g/mol. The van der Waals surface area contributed by atoms with Crippen molar-refractivity contribution < 1.29 is 13.2 Å². The van der Waals surface area contributed by atoms with Crippen LogP contribution in [0.2, 0.25) is 0 Å². The fourth-order valence-electron chi connectivity index (χ4n) is 4.03. The number of aryl methyl sites for hydroxylation is 1. The minimum absolute atomic E-state index is 0.189. The lowest BCUT2D eigenvalue weighted by Gasteiger charge is -2.16. The Bertz CT molecular complexity index is 1370. The van der Waals surface area contributed by atoms with E-state index < -0.39 is 16.1 Å². The molecule has 0 radical (unpaired) electrons. The zero-order valence-electron chi connectivity index (χ0n) is 17.1. The molecule has 2 aromatic heterocycles. The Kier molecular flexibility index (Phi) is 4.90. The number of anilines is 1. The first kappa shape index (κ1) is 20.2. The van der Waals surface area contributed by atoms with Crippen molar-refractivity contribution in [1.82, 2.24) is 19.5 Å². The predicted octanol–water partition coefficient (Wildman–Crippen LogP) is 3.15. The van der Waals surface area contributed by atoms with Crippen molar-refractivity contribution in [2.45, 2.75) is 43.2 Å². The number of amides is 2. The van der Waals surface area contributed by atoms with E-state index in [1.807, 2.05) is 18.2 Å². The summed E-state index contributed by atoms with van der Waals surface area (Å²) in [5.41, 5.74) is 4.31. The Labute approximate surface area is 185 Å². The molecule has 2 N–H and O–H groups in total. The van der Waals surface area contributed by atoms with Gasteiger partial charge in [-0.05, 0) is 67.0 Å². The van der Waals surface area contributed by atoms with E-state index in [4.69, 9.17) is 0 Å². The highest BCUT2D eigenvalue weighted by atomic mass is 32.2. The molecule has 10 heteroatoms. The minimum Gasteiger partial charge on any atom is -0.306 e. The van der Waals surface area contributed by atoms with Crippen LogP contribution in [0.1, 0.15) is 42.1 Å². The van der Waals surface area contributed by atoms with Crippen LogP contribution in [0.15, 0.2) is 47.8 Å². The van der Waals surface area contributed by atoms with Crippen molar-refractivity contribution in [2.24, 2.45) is 0 Å². The van der Waals surface area contributed by atoms with Gasteiger partial charge in [0.15, 0.2) is 5.03 Å². The Morgan fingerprint density at radius 3 is 2.81 bits per heavy atom. The van der Waals surface area contributed by atoms with E-state index in [2.05, 4.69) is 20.1 Å². The third-order valence-corrected chi connectivity index (χ3v) is 6.94. The van der Waals surface area contributed by atoms with Crippen LogP contribution in [0.3, 0.4) is 0 Å². The number of pyridine rings is 1. The molecule has 0 spiro atoms. The molecule has 0 aliphatic heterocycles. The normalized spacial score (nSPS) is 15.1. The van der Waals surface area contributed by atoms with E-state index >= 15 is 0 Å². The highest BCUT2D eigenvalue weighted by Gasteiger charge is 2.28. The lowest BCUT2D eigenvalue weighted by molar-refractivity contribution is 0.256. The molecule has 2 heterocycles. The topological polar surface area (TPSA) is 130 Å². The number of carbonyl (C=O) groups excluding carboxylic acids is 1. The lowest BCUT2D eigenvalue weighted by Crippen LogP contribution is -2.35. The summed E-state index contributed by atoms with van der Waals surface area (Å²) < 4.78 is 29.0. The molecule has 3 aromatic rings. The quantitative estimate of drug-likeness (QED) is 0.617. The molecular formula is C22H20N6O3S. The average molecular weight is 449 g/mol. The SMILES string of the molecule is N#Cc1cc(-c2ccc3c(c2NC(=O)NS(=O)(=O)c2ccn(C4CC4)n2)CCC3)ccn1. The Balaban J connectivity index is 1.44. The zero-order valence-corrected chi connectivity index (χ0v) is 17.9. The summed E-state index contributed by atoms with van der Waals surface area (Å²) in [7, 11) is -4.11. The number of nitrogens with zero attached hydrogens (tertiary/aromatic N) is 4. The Morgan fingerprint density at radius 1 is 1.19 bits per heavy atom. The summed E-state index contributed by atoms with van der Waals surface area (Å²) in [4.78, 5) is 16.8. The Hall–Kier alpha value is -3.71. The molecule has 2 aliphatic carbocycles. The van der Waals surface area contributed by atoms with Gasteiger partial charge in [0.1, 0.15) is 11.8 Å². The fourth-order valence-corrected chi connectivity index (χ4v) is 4.87. The molecule has 0 saturated heterocycles. The first-order valence-corrected chi connectivity index (χ1v) is 11.8. The van der Waals surface area contributed by atoms with E-state index in [1.54, 1.807) is 23.0 Å². The largest absolute Gasteiger partial charge is 0.333 e. The molecule has 0 atom stereocenters. The van der Waals surface area contributed by atoms with Crippen molar-refractivity contribution in [3.8, 4) is 17.2 Å². The maximum atomic E-state index is 12.8. The van der Waals surface area contributed by atoms with Crippen LogP contribution < -0.4 is 10.0 Å². The number of carbonyl (C=O) groups is 1. The first-order chi connectivity index (χ1) is 15.4. The van der Waals surface area contributed by atoms with Gasteiger partial charge >= 0.3 is 6.03 Å². The van der Waals surface area contributed by atoms with Gasteiger partial charge in [-0.15, -0.1) is 0 Å². The third kappa shape index (κ3) is 3.83. The molecule has 0 unspecified atom stereocenters. The van der Waals surface area contributed by atoms with Gasteiger partial charge in [0.05, 0.1) is 11.7 Å². The van der Waals surface area contributed by atoms with E-state index in [-0.39, 0.29) is 16.8 Å². The van der Waals surface area contributed by atoms with Gasteiger partial charge in [0.25, 0.3) is 10.0 Å². The highest BCUT2D eigenvalue weighted by Crippen LogP contribution is 2.38. The van der Waals surface area contributed by atoms with Crippen molar-refractivity contribution in [2.75, 3.05) is 5.32 Å². The van der Waals surface area contributed by atoms with Crippen LogP contribution in [0.4, 0.5) is 10.5 Å². The van der Waals surface area contributed by atoms with Gasteiger partial charge in [-0.25, -0.2) is 14.5 Å². The molecule has 1 fully saturated rings. The van der Waals surface area contributed by atoms with Crippen LogP contribution in [0, 0.1) is 11.3 Å². The molecule has 2 amide bonds. The standard InChI is InChI=1S/C22H20N6O3S/c23-13-16-12-15(8-10-24-16)19-7-4-14-2-1-3-18(14)21(19)25-22(29)27-32(30,31)20-9-11-28(26-20)17-5-6-17/h4,7-12,17H,1-3,5-6H2,(H2,25,27,29). The van der Waals surface area contributed by atoms with Gasteiger partial charge in [0, 0.05) is 18.0 Å². The number of sulfonamides is 1. The number of benzene rings is 1. The molecule has 32 heavy (non-hydrogen) atoms. The maximum absolute atomic E-state index is 12.8. The number of hydrogen-bond acceptors (Lipinski definition) is 6. The first-order valence-electron chi connectivity index (χ1n) is 10.3. The second kappa shape index (κ2) is 7.76. The van der Waals surface area contributed by atoms with Crippen molar-refractivity contribution >= 4 is 21.7 Å². The number of nitriles is 1.